The van der Waals surface area contributed by atoms with Crippen molar-refractivity contribution in [2.75, 3.05) is 13.2 Å². The van der Waals surface area contributed by atoms with Gasteiger partial charge in [-0.15, -0.1) is 0 Å². The zero-order valence-corrected chi connectivity index (χ0v) is 15.4. The van der Waals surface area contributed by atoms with Crippen LogP contribution in [0.2, 0.25) is 0 Å². The van der Waals surface area contributed by atoms with Crippen molar-refractivity contribution in [1.82, 2.24) is 0 Å². The fourth-order valence-corrected chi connectivity index (χ4v) is 9.14. The fourth-order valence-electron chi connectivity index (χ4n) is 2.52. The number of aliphatic hydroxyl groups is 2. The minimum Gasteiger partial charge on any atom is -0.392 e. The Labute approximate surface area is 141 Å². The molecule has 0 heterocycles. The quantitative estimate of drug-likeness (QED) is 0.570. The smallest absolute Gasteiger partial charge is 0.0715 e. The monoisotopic (exact) mass is 342 g/mol. The van der Waals surface area contributed by atoms with Crippen LogP contribution in [0.3, 0.4) is 0 Å². The molecule has 23 heavy (non-hydrogen) atoms. The second kappa shape index (κ2) is 10.3. The first-order valence-electron chi connectivity index (χ1n) is 7.76. The molecule has 0 amide bonds. The lowest BCUT2D eigenvalue weighted by Gasteiger charge is -2.21. The third kappa shape index (κ3) is 5.89. The van der Waals surface area contributed by atoms with Gasteiger partial charge in [-0.3, -0.25) is 0 Å². The maximum atomic E-state index is 9.07. The number of rotatable bonds is 8. The van der Waals surface area contributed by atoms with Crippen LogP contribution in [0.5, 0.6) is 0 Å². The second-order valence-electron chi connectivity index (χ2n) is 5.21. The van der Waals surface area contributed by atoms with Gasteiger partial charge in [0.1, 0.15) is 0 Å². The van der Waals surface area contributed by atoms with Gasteiger partial charge < -0.3 is 10.2 Å². The van der Waals surface area contributed by atoms with Gasteiger partial charge in [0.15, 0.2) is 0 Å². The average Bonchev–Trinajstić information content (AvgIpc) is 2.62. The highest BCUT2D eigenvalue weighted by Crippen LogP contribution is 2.43. The Morgan fingerprint density at radius 1 is 0.783 bits per heavy atom. The van der Waals surface area contributed by atoms with Crippen LogP contribution in [-0.4, -0.2) is 32.6 Å². The van der Waals surface area contributed by atoms with Crippen molar-refractivity contribution < 1.29 is 10.2 Å². The first-order valence-corrected chi connectivity index (χ1v) is 12.1. The van der Waals surface area contributed by atoms with Crippen molar-refractivity contribution in [2.24, 2.45) is 0 Å². The van der Waals surface area contributed by atoms with E-state index in [2.05, 4.69) is 60.2 Å². The molecule has 0 aliphatic heterocycles. The van der Waals surface area contributed by atoms with E-state index in [0.717, 1.165) is 0 Å². The van der Waals surface area contributed by atoms with Gasteiger partial charge in [0, 0.05) is 5.54 Å². The summed E-state index contributed by atoms with van der Waals surface area (Å²) in [6, 6.07) is 21.3. The lowest BCUT2D eigenvalue weighted by Crippen LogP contribution is -2.08. The summed E-state index contributed by atoms with van der Waals surface area (Å²) in [6.45, 7) is 0.142. The molecule has 2 rings (SSSR count). The minimum absolute atomic E-state index is 0.0710. The van der Waals surface area contributed by atoms with Crippen molar-refractivity contribution in [2.45, 2.75) is 5.54 Å². The third-order valence-corrected chi connectivity index (χ3v) is 10.1. The zero-order chi connectivity index (χ0) is 16.3. The summed E-state index contributed by atoms with van der Waals surface area (Å²) < 4.78 is 0. The predicted molar refractivity (Wildman–Crippen MR) is 103 cm³/mol. The summed E-state index contributed by atoms with van der Waals surface area (Å²) in [4.78, 5) is 0. The lowest BCUT2D eigenvalue weighted by atomic mass is 10.0. The summed E-state index contributed by atoms with van der Waals surface area (Å²) in [5, 5.41) is 18.1. The average molecular weight is 342 g/mol. The Morgan fingerprint density at radius 3 is 1.61 bits per heavy atom. The Morgan fingerprint density at radius 2 is 1.22 bits per heavy atom. The molecule has 0 unspecified atom stereocenters. The van der Waals surface area contributed by atoms with E-state index in [-0.39, 0.29) is 13.2 Å². The van der Waals surface area contributed by atoms with Gasteiger partial charge in [-0.25, -0.2) is 0 Å². The molecule has 2 aromatic carbocycles. The molecule has 0 fully saturated rings. The number of aliphatic hydroxyl groups excluding tert-OH is 2. The van der Waals surface area contributed by atoms with Crippen molar-refractivity contribution in [3.8, 4) is 0 Å². The molecule has 2 nitrogen and oxygen atoms in total. The molecule has 120 valence electrons. The molecule has 0 spiro atoms. The largest absolute Gasteiger partial charge is 0.392 e. The molecule has 2 aromatic rings. The van der Waals surface area contributed by atoms with Gasteiger partial charge in [-0.05, 0) is 11.1 Å². The first kappa shape index (κ1) is 17.8. The Hall–Kier alpha value is -1.51. The lowest BCUT2D eigenvalue weighted by molar-refractivity contribution is 0.343. The van der Waals surface area contributed by atoms with E-state index in [1.54, 1.807) is 0 Å². The normalized spacial score (nSPS) is 13.7. The van der Waals surface area contributed by atoms with Gasteiger partial charge in [-0.2, -0.15) is 0 Å². The molecule has 0 saturated carbocycles. The molecule has 0 aliphatic rings. The summed E-state index contributed by atoms with van der Waals surface area (Å²) >= 11 is 0. The molecule has 2 N–H and O–H groups in total. The van der Waals surface area contributed by atoms with Crippen LogP contribution >= 0.6 is 7.47 Å². The van der Waals surface area contributed by atoms with E-state index in [1.165, 1.54) is 11.1 Å². The molecule has 0 atom stereocenters. The summed E-state index contributed by atoms with van der Waals surface area (Å²) in [5.74, 6) is 4.26. The van der Waals surface area contributed by atoms with E-state index in [0.29, 0.717) is 5.54 Å². The number of hydrogen-bond donors (Lipinski definition) is 2. The van der Waals surface area contributed by atoms with E-state index in [1.807, 2.05) is 24.3 Å². The standard InChI is InChI=1S/C19H23O2PSi/c20-13-7-15-22(16-8-14-21)23-19(17-9-3-1-4-10-17)18-11-5-2-6-12-18/h1-12,15-16,19-21H,13-14,23H2. The molecule has 0 aromatic heterocycles. The van der Waals surface area contributed by atoms with E-state index >= 15 is 0 Å². The summed E-state index contributed by atoms with van der Waals surface area (Å²) in [7, 11) is -0.930. The van der Waals surface area contributed by atoms with Crippen molar-refractivity contribution in [3.63, 3.8) is 0 Å². The molecule has 0 radical (unpaired) electrons. The van der Waals surface area contributed by atoms with E-state index < -0.39 is 16.7 Å². The number of hydrogen-bond acceptors (Lipinski definition) is 2. The van der Waals surface area contributed by atoms with E-state index in [4.69, 9.17) is 10.2 Å². The summed E-state index contributed by atoms with van der Waals surface area (Å²) in [5.41, 5.74) is 3.15. The van der Waals surface area contributed by atoms with Crippen LogP contribution < -0.4 is 0 Å². The van der Waals surface area contributed by atoms with Gasteiger partial charge in [0.2, 0.25) is 0 Å². The van der Waals surface area contributed by atoms with Crippen molar-refractivity contribution in [1.29, 1.82) is 0 Å². The van der Waals surface area contributed by atoms with Crippen molar-refractivity contribution >= 4 is 16.7 Å². The van der Waals surface area contributed by atoms with Gasteiger partial charge in [0.05, 0.1) is 22.4 Å². The topological polar surface area (TPSA) is 40.5 Å². The number of benzene rings is 2. The van der Waals surface area contributed by atoms with Crippen LogP contribution in [0, 0.1) is 0 Å². The van der Waals surface area contributed by atoms with Crippen LogP contribution in [0.1, 0.15) is 16.7 Å². The first-order chi connectivity index (χ1) is 11.3. The third-order valence-electron chi connectivity index (χ3n) is 3.60. The Bertz CT molecular complexity index is 560. The van der Waals surface area contributed by atoms with E-state index in [9.17, 15) is 0 Å². The maximum absolute atomic E-state index is 9.07. The molecular weight excluding hydrogens is 319 g/mol. The van der Waals surface area contributed by atoms with Crippen molar-refractivity contribution in [3.05, 3.63) is 95.6 Å². The second-order valence-corrected chi connectivity index (χ2v) is 11.3. The predicted octanol–water partition coefficient (Wildman–Crippen LogP) is 3.35. The fraction of sp³-hybridized carbons (Fsp3) is 0.158. The highest BCUT2D eigenvalue weighted by Gasteiger charge is 2.17. The van der Waals surface area contributed by atoms with Crippen LogP contribution in [0.15, 0.2) is 84.4 Å². The SMILES string of the molecule is OCC=CP(C=CCO)[SiH2]C(c1ccccc1)c1ccccc1. The molecule has 0 bridgehead atoms. The van der Waals surface area contributed by atoms with Gasteiger partial charge >= 0.3 is 0 Å². The van der Waals surface area contributed by atoms with Gasteiger partial charge in [-0.1, -0.05) is 91.9 Å². The van der Waals surface area contributed by atoms with Crippen LogP contribution in [0.4, 0.5) is 0 Å². The van der Waals surface area contributed by atoms with Gasteiger partial charge in [0.25, 0.3) is 0 Å². The molecular formula is C19H23O2PSi. The summed E-state index contributed by atoms with van der Waals surface area (Å²) in [6.07, 6.45) is 3.65. The van der Waals surface area contributed by atoms with Crippen LogP contribution in [-0.2, 0) is 0 Å². The van der Waals surface area contributed by atoms with Crippen LogP contribution in [0.25, 0.3) is 0 Å². The maximum Gasteiger partial charge on any atom is 0.0715 e. The Kier molecular flexibility index (Phi) is 7.98. The molecule has 4 heteroatoms. The highest BCUT2D eigenvalue weighted by molar-refractivity contribution is 7.90. The molecule has 0 saturated heterocycles. The molecule has 0 aliphatic carbocycles. The Balaban J connectivity index is 2.29. The highest BCUT2D eigenvalue weighted by atomic mass is 31.4. The zero-order valence-electron chi connectivity index (χ0n) is 13.1. The minimum atomic E-state index is -0.529.